The van der Waals surface area contributed by atoms with Gasteiger partial charge in [-0.05, 0) is 71.9 Å². The van der Waals surface area contributed by atoms with Gasteiger partial charge in [0.15, 0.2) is 0 Å². The van der Waals surface area contributed by atoms with Gasteiger partial charge in [0, 0.05) is 6.42 Å². The monoisotopic (exact) mass is 392 g/mol. The largest absolute Gasteiger partial charge is 0.497 e. The number of hydrogen-bond donors (Lipinski definition) is 2. The highest BCUT2D eigenvalue weighted by Crippen LogP contribution is 2.32. The standard InChI is InChI=1S/C25H28O4/c1-5-6-17(2)13-18(3)23-10-7-19(14-21(23)16-26)24-11-9-22(29-4)15-20(24)8-12-25(27)28/h5-7,9-11,13-15,26H,3,8,12,16H2,1-2,4H3,(H,27,28). The maximum absolute atomic E-state index is 11.0. The zero-order chi connectivity index (χ0) is 21.4. The van der Waals surface area contributed by atoms with E-state index in [0.29, 0.717) is 12.2 Å². The Balaban J connectivity index is 2.47. The van der Waals surface area contributed by atoms with Crippen molar-refractivity contribution < 1.29 is 19.7 Å². The SMILES string of the molecule is C=C(C=C(C)C=CC)c1ccc(-c2ccc(OC)cc2CCC(=O)O)cc1CO. The number of allylic oxidation sites excluding steroid dienone is 5. The van der Waals surface area contributed by atoms with Crippen molar-refractivity contribution in [2.45, 2.75) is 33.3 Å². The second kappa shape index (κ2) is 10.4. The smallest absolute Gasteiger partial charge is 0.303 e. The Morgan fingerprint density at radius 3 is 2.55 bits per heavy atom. The van der Waals surface area contributed by atoms with Gasteiger partial charge in [-0.25, -0.2) is 0 Å². The molecule has 0 unspecified atom stereocenters. The summed E-state index contributed by atoms with van der Waals surface area (Å²) in [5.74, 6) is -0.157. The first-order valence-corrected chi connectivity index (χ1v) is 9.52. The van der Waals surface area contributed by atoms with Gasteiger partial charge in [0.25, 0.3) is 0 Å². The maximum atomic E-state index is 11.0. The molecule has 4 heteroatoms. The van der Waals surface area contributed by atoms with E-state index in [-0.39, 0.29) is 13.0 Å². The fraction of sp³-hybridized carbons (Fsp3) is 0.240. The third-order valence-corrected chi connectivity index (χ3v) is 4.68. The molecule has 0 aliphatic heterocycles. The van der Waals surface area contributed by atoms with Crippen molar-refractivity contribution >= 4 is 11.5 Å². The molecule has 0 bridgehead atoms. The minimum Gasteiger partial charge on any atom is -0.497 e. The molecule has 0 radical (unpaired) electrons. The number of aliphatic carboxylic acids is 1. The molecule has 0 aliphatic carbocycles. The van der Waals surface area contributed by atoms with Crippen LogP contribution in [0.5, 0.6) is 5.75 Å². The van der Waals surface area contributed by atoms with E-state index in [1.54, 1.807) is 7.11 Å². The zero-order valence-electron chi connectivity index (χ0n) is 17.2. The first kappa shape index (κ1) is 22.2. The van der Waals surface area contributed by atoms with Crippen LogP contribution >= 0.6 is 0 Å². The van der Waals surface area contributed by atoms with Crippen LogP contribution in [-0.2, 0) is 17.8 Å². The summed E-state index contributed by atoms with van der Waals surface area (Å²) in [5, 5.41) is 19.0. The third-order valence-electron chi connectivity index (χ3n) is 4.68. The summed E-state index contributed by atoms with van der Waals surface area (Å²) in [6.45, 7) is 8.00. The van der Waals surface area contributed by atoms with E-state index in [1.165, 1.54) is 0 Å². The Kier molecular flexibility index (Phi) is 7.98. The molecule has 0 fully saturated rings. The molecular formula is C25H28O4. The lowest BCUT2D eigenvalue weighted by atomic mass is 9.91. The molecule has 152 valence electrons. The molecular weight excluding hydrogens is 364 g/mol. The normalized spacial score (nSPS) is 11.7. The van der Waals surface area contributed by atoms with Crippen molar-refractivity contribution in [1.82, 2.24) is 0 Å². The molecule has 0 aromatic heterocycles. The second-order valence-corrected chi connectivity index (χ2v) is 6.86. The Bertz CT molecular complexity index is 951. The van der Waals surface area contributed by atoms with Gasteiger partial charge in [-0.3, -0.25) is 4.79 Å². The van der Waals surface area contributed by atoms with Gasteiger partial charge in [0.2, 0.25) is 0 Å². The van der Waals surface area contributed by atoms with E-state index in [9.17, 15) is 9.90 Å². The molecule has 0 heterocycles. The lowest BCUT2D eigenvalue weighted by Gasteiger charge is -2.15. The number of aryl methyl sites for hydroxylation is 1. The fourth-order valence-electron chi connectivity index (χ4n) is 3.30. The van der Waals surface area contributed by atoms with Crippen LogP contribution in [0.1, 0.15) is 37.0 Å². The topological polar surface area (TPSA) is 66.8 Å². The number of methoxy groups -OCH3 is 1. The van der Waals surface area contributed by atoms with E-state index in [1.807, 2.05) is 68.5 Å². The van der Waals surface area contributed by atoms with Gasteiger partial charge in [0.1, 0.15) is 5.75 Å². The second-order valence-electron chi connectivity index (χ2n) is 6.86. The summed E-state index contributed by atoms with van der Waals surface area (Å²) < 4.78 is 5.29. The molecule has 0 aliphatic rings. The van der Waals surface area contributed by atoms with Crippen LogP contribution in [0.4, 0.5) is 0 Å². The van der Waals surface area contributed by atoms with Crippen LogP contribution in [0.2, 0.25) is 0 Å². The predicted octanol–water partition coefficient (Wildman–Crippen LogP) is 5.41. The molecule has 0 saturated carbocycles. The lowest BCUT2D eigenvalue weighted by Crippen LogP contribution is -2.00. The number of carboxylic acid groups (broad SMARTS) is 1. The summed E-state index contributed by atoms with van der Waals surface area (Å²) in [4.78, 5) is 11.0. The molecule has 2 N–H and O–H groups in total. The summed E-state index contributed by atoms with van der Waals surface area (Å²) in [6.07, 6.45) is 6.40. The van der Waals surface area contributed by atoms with E-state index < -0.39 is 5.97 Å². The first-order chi connectivity index (χ1) is 13.9. The highest BCUT2D eigenvalue weighted by Gasteiger charge is 2.12. The number of ether oxygens (including phenoxy) is 1. The number of carbonyl (C=O) groups is 1. The lowest BCUT2D eigenvalue weighted by molar-refractivity contribution is -0.136. The minimum atomic E-state index is -0.843. The predicted molar refractivity (Wildman–Crippen MR) is 118 cm³/mol. The molecule has 0 atom stereocenters. The van der Waals surface area contributed by atoms with Crippen LogP contribution in [0.15, 0.2) is 66.8 Å². The Hall–Kier alpha value is -3.11. The van der Waals surface area contributed by atoms with Crippen molar-refractivity contribution in [3.63, 3.8) is 0 Å². The number of carboxylic acids is 1. The van der Waals surface area contributed by atoms with Gasteiger partial charge in [-0.2, -0.15) is 0 Å². The van der Waals surface area contributed by atoms with Gasteiger partial charge in [0.05, 0.1) is 13.7 Å². The van der Waals surface area contributed by atoms with Gasteiger partial charge < -0.3 is 14.9 Å². The summed E-state index contributed by atoms with van der Waals surface area (Å²) in [5.41, 5.74) is 6.32. The van der Waals surface area contributed by atoms with E-state index >= 15 is 0 Å². The summed E-state index contributed by atoms with van der Waals surface area (Å²) in [7, 11) is 1.59. The molecule has 4 nitrogen and oxygen atoms in total. The maximum Gasteiger partial charge on any atom is 0.303 e. The summed E-state index contributed by atoms with van der Waals surface area (Å²) in [6, 6.07) is 11.5. The molecule has 29 heavy (non-hydrogen) atoms. The minimum absolute atomic E-state index is 0.0386. The van der Waals surface area contributed by atoms with Crippen LogP contribution in [0, 0.1) is 0 Å². The van der Waals surface area contributed by atoms with Gasteiger partial charge >= 0.3 is 5.97 Å². The molecule has 2 aromatic rings. The average Bonchev–Trinajstić information content (AvgIpc) is 2.71. The van der Waals surface area contributed by atoms with E-state index in [4.69, 9.17) is 9.84 Å². The Morgan fingerprint density at radius 1 is 1.17 bits per heavy atom. The van der Waals surface area contributed by atoms with Crippen molar-refractivity contribution in [3.05, 3.63) is 83.5 Å². The van der Waals surface area contributed by atoms with Gasteiger partial charge in [-0.1, -0.05) is 48.6 Å². The molecule has 2 rings (SSSR count). The zero-order valence-corrected chi connectivity index (χ0v) is 17.2. The number of hydrogen-bond acceptors (Lipinski definition) is 3. The first-order valence-electron chi connectivity index (χ1n) is 9.52. The fourth-order valence-corrected chi connectivity index (χ4v) is 3.30. The van der Waals surface area contributed by atoms with Crippen LogP contribution in [0.25, 0.3) is 16.7 Å². The van der Waals surface area contributed by atoms with Crippen molar-refractivity contribution in [2.75, 3.05) is 7.11 Å². The van der Waals surface area contributed by atoms with Crippen molar-refractivity contribution in [1.29, 1.82) is 0 Å². The Labute approximate surface area is 172 Å². The highest BCUT2D eigenvalue weighted by molar-refractivity contribution is 5.79. The third kappa shape index (κ3) is 5.93. The van der Waals surface area contributed by atoms with Crippen molar-refractivity contribution in [3.8, 4) is 16.9 Å². The van der Waals surface area contributed by atoms with Crippen LogP contribution in [-0.4, -0.2) is 23.3 Å². The van der Waals surface area contributed by atoms with Crippen LogP contribution in [0.3, 0.4) is 0 Å². The number of aliphatic hydroxyl groups is 1. The number of aliphatic hydroxyl groups excluding tert-OH is 1. The van der Waals surface area contributed by atoms with Gasteiger partial charge in [-0.15, -0.1) is 0 Å². The molecule has 0 amide bonds. The number of benzene rings is 2. The summed E-state index contributed by atoms with van der Waals surface area (Å²) >= 11 is 0. The number of rotatable bonds is 9. The van der Waals surface area contributed by atoms with Crippen LogP contribution < -0.4 is 4.74 Å². The average molecular weight is 392 g/mol. The van der Waals surface area contributed by atoms with Crippen molar-refractivity contribution in [2.24, 2.45) is 0 Å². The molecule has 0 spiro atoms. The molecule has 0 saturated heterocycles. The quantitative estimate of drug-likeness (QED) is 0.560. The van der Waals surface area contributed by atoms with E-state index in [0.717, 1.165) is 39.0 Å². The Morgan fingerprint density at radius 2 is 1.93 bits per heavy atom. The van der Waals surface area contributed by atoms with E-state index in [2.05, 4.69) is 6.58 Å². The molecule has 2 aromatic carbocycles. The highest BCUT2D eigenvalue weighted by atomic mass is 16.5.